The molecule has 0 bridgehead atoms. The quantitative estimate of drug-likeness (QED) is 0.624. The van der Waals surface area contributed by atoms with Gasteiger partial charge >= 0.3 is 5.69 Å². The number of nitro groups is 1. The molecule has 110 valence electrons. The third kappa shape index (κ3) is 3.40. The number of aromatic nitrogens is 2. The summed E-state index contributed by atoms with van der Waals surface area (Å²) in [7, 11) is 1.64. The minimum absolute atomic E-state index is 0.0843. The Morgan fingerprint density at radius 2 is 2.10 bits per heavy atom. The maximum Gasteiger partial charge on any atom is 0.332 e. The second kappa shape index (κ2) is 6.23. The van der Waals surface area contributed by atoms with E-state index in [9.17, 15) is 10.1 Å². The molecule has 1 heterocycles. The van der Waals surface area contributed by atoms with Crippen molar-refractivity contribution < 1.29 is 4.92 Å². The summed E-state index contributed by atoms with van der Waals surface area (Å²) in [4.78, 5) is 18.8. The first-order chi connectivity index (χ1) is 9.92. The third-order valence-corrected chi connectivity index (χ3v) is 3.45. The predicted octanol–water partition coefficient (Wildman–Crippen LogP) is 3.89. The van der Waals surface area contributed by atoms with Crippen LogP contribution in [0.5, 0.6) is 0 Å². The smallest absolute Gasteiger partial charge is 0.332 e. The van der Waals surface area contributed by atoms with Crippen molar-refractivity contribution in [3.05, 3.63) is 43.5 Å². The highest BCUT2D eigenvalue weighted by molar-refractivity contribution is 9.10. The number of hydrogen-bond acceptors (Lipinski definition) is 6. The highest BCUT2D eigenvalue weighted by Gasteiger charge is 2.22. The van der Waals surface area contributed by atoms with Crippen LogP contribution < -0.4 is 10.6 Å². The molecule has 0 spiro atoms. The zero-order valence-electron chi connectivity index (χ0n) is 11.1. The molecule has 2 rings (SSSR count). The second-order valence-corrected chi connectivity index (χ2v) is 5.41. The van der Waals surface area contributed by atoms with Crippen LogP contribution in [0.4, 0.5) is 23.1 Å². The molecular formula is C12H11BrClN5O2. The van der Waals surface area contributed by atoms with E-state index in [1.807, 2.05) is 0 Å². The zero-order chi connectivity index (χ0) is 15.6. The Balaban J connectivity index is 2.51. The Morgan fingerprint density at radius 1 is 1.38 bits per heavy atom. The predicted molar refractivity (Wildman–Crippen MR) is 85.4 cm³/mol. The van der Waals surface area contributed by atoms with Crippen LogP contribution in [-0.4, -0.2) is 21.9 Å². The summed E-state index contributed by atoms with van der Waals surface area (Å²) in [6.45, 7) is 1.55. The van der Waals surface area contributed by atoms with E-state index < -0.39 is 4.92 Å². The van der Waals surface area contributed by atoms with Gasteiger partial charge in [0.25, 0.3) is 0 Å². The van der Waals surface area contributed by atoms with Crippen LogP contribution in [0.1, 0.15) is 5.69 Å². The van der Waals surface area contributed by atoms with Gasteiger partial charge in [-0.2, -0.15) is 4.98 Å². The molecule has 0 atom stereocenters. The number of aryl methyl sites for hydroxylation is 1. The van der Waals surface area contributed by atoms with Gasteiger partial charge in [-0.15, -0.1) is 0 Å². The molecule has 0 fully saturated rings. The van der Waals surface area contributed by atoms with Crippen LogP contribution in [0.25, 0.3) is 0 Å². The zero-order valence-corrected chi connectivity index (χ0v) is 13.5. The van der Waals surface area contributed by atoms with Gasteiger partial charge in [0, 0.05) is 11.5 Å². The minimum Gasteiger partial charge on any atom is -0.357 e. The lowest BCUT2D eigenvalue weighted by atomic mass is 10.3. The Morgan fingerprint density at radius 3 is 2.67 bits per heavy atom. The van der Waals surface area contributed by atoms with E-state index in [2.05, 4.69) is 36.5 Å². The third-order valence-electron chi connectivity index (χ3n) is 2.65. The molecule has 2 aromatic rings. The molecular weight excluding hydrogens is 362 g/mol. The maximum atomic E-state index is 11.2. The van der Waals surface area contributed by atoms with Gasteiger partial charge in [-0.05, 0) is 25.1 Å². The fourth-order valence-corrected chi connectivity index (χ4v) is 2.42. The SMILES string of the molecule is CNc1nc(C)c([N+](=O)[O-])c(Nc2ccc(Br)cc2Cl)n1. The first-order valence-electron chi connectivity index (χ1n) is 5.85. The molecule has 0 aliphatic carbocycles. The van der Waals surface area contributed by atoms with Crippen molar-refractivity contribution in [3.63, 3.8) is 0 Å². The van der Waals surface area contributed by atoms with Crippen LogP contribution in [0, 0.1) is 17.0 Å². The Bertz CT molecular complexity index is 710. The summed E-state index contributed by atoms with van der Waals surface area (Å²) in [6, 6.07) is 5.16. The first-order valence-corrected chi connectivity index (χ1v) is 7.02. The largest absolute Gasteiger partial charge is 0.357 e. The Hall–Kier alpha value is -1.93. The van der Waals surface area contributed by atoms with Gasteiger partial charge in [0.1, 0.15) is 5.69 Å². The van der Waals surface area contributed by atoms with E-state index in [4.69, 9.17) is 11.6 Å². The molecule has 2 N–H and O–H groups in total. The van der Waals surface area contributed by atoms with Crippen LogP contribution in [0.2, 0.25) is 5.02 Å². The number of anilines is 3. The number of benzene rings is 1. The van der Waals surface area contributed by atoms with Gasteiger partial charge in [-0.3, -0.25) is 10.1 Å². The summed E-state index contributed by atoms with van der Waals surface area (Å²) in [6.07, 6.45) is 0. The van der Waals surface area contributed by atoms with Crippen molar-refractivity contribution in [3.8, 4) is 0 Å². The monoisotopic (exact) mass is 371 g/mol. The summed E-state index contributed by atoms with van der Waals surface area (Å²) < 4.78 is 0.808. The normalized spacial score (nSPS) is 10.3. The van der Waals surface area contributed by atoms with Gasteiger partial charge in [0.2, 0.25) is 11.8 Å². The molecule has 7 nitrogen and oxygen atoms in total. The molecule has 1 aromatic heterocycles. The summed E-state index contributed by atoms with van der Waals surface area (Å²) in [5.74, 6) is 0.370. The molecule has 0 saturated carbocycles. The molecule has 0 radical (unpaired) electrons. The molecule has 0 unspecified atom stereocenters. The molecule has 9 heteroatoms. The van der Waals surface area contributed by atoms with Crippen LogP contribution in [0.3, 0.4) is 0 Å². The van der Waals surface area contributed by atoms with Crippen molar-refractivity contribution >= 4 is 50.7 Å². The highest BCUT2D eigenvalue weighted by atomic mass is 79.9. The van der Waals surface area contributed by atoms with Crippen molar-refractivity contribution in [2.45, 2.75) is 6.92 Å². The van der Waals surface area contributed by atoms with E-state index >= 15 is 0 Å². The van der Waals surface area contributed by atoms with Crippen molar-refractivity contribution in [2.75, 3.05) is 17.7 Å². The van der Waals surface area contributed by atoms with Crippen LogP contribution >= 0.6 is 27.5 Å². The maximum absolute atomic E-state index is 11.2. The lowest BCUT2D eigenvalue weighted by molar-refractivity contribution is -0.385. The molecule has 0 amide bonds. The number of nitrogens with zero attached hydrogens (tertiary/aromatic N) is 3. The lowest BCUT2D eigenvalue weighted by Gasteiger charge is -2.10. The number of hydrogen-bond donors (Lipinski definition) is 2. The molecule has 0 aliphatic rings. The summed E-state index contributed by atoms with van der Waals surface area (Å²) >= 11 is 9.40. The van der Waals surface area contributed by atoms with Crippen molar-refractivity contribution in [1.82, 2.24) is 9.97 Å². The Labute approximate surface area is 134 Å². The van der Waals surface area contributed by atoms with Crippen LogP contribution in [0.15, 0.2) is 22.7 Å². The van der Waals surface area contributed by atoms with Gasteiger partial charge in [0.05, 0.1) is 15.6 Å². The summed E-state index contributed by atoms with van der Waals surface area (Å²) in [5, 5.41) is 17.3. The van der Waals surface area contributed by atoms with E-state index in [0.717, 1.165) is 4.47 Å². The standard InChI is InChI=1S/C12H11BrClN5O2/c1-6-10(19(20)21)11(18-12(15-2)16-6)17-9-4-3-7(13)5-8(9)14/h3-5H,1-2H3,(H2,15,16,17,18). The van der Waals surface area contributed by atoms with Crippen molar-refractivity contribution in [2.24, 2.45) is 0 Å². The van der Waals surface area contributed by atoms with E-state index in [0.29, 0.717) is 10.7 Å². The van der Waals surface area contributed by atoms with E-state index in [1.54, 1.807) is 32.2 Å². The number of rotatable bonds is 4. The van der Waals surface area contributed by atoms with Gasteiger partial charge < -0.3 is 10.6 Å². The molecule has 21 heavy (non-hydrogen) atoms. The van der Waals surface area contributed by atoms with Gasteiger partial charge in [-0.1, -0.05) is 27.5 Å². The summed E-state index contributed by atoms with van der Waals surface area (Å²) in [5.41, 5.74) is 0.589. The van der Waals surface area contributed by atoms with Crippen LogP contribution in [-0.2, 0) is 0 Å². The Kier molecular flexibility index (Phi) is 4.59. The average Bonchev–Trinajstić information content (AvgIpc) is 2.40. The topological polar surface area (TPSA) is 93.0 Å². The van der Waals surface area contributed by atoms with Gasteiger partial charge in [-0.25, -0.2) is 4.98 Å². The fraction of sp³-hybridized carbons (Fsp3) is 0.167. The first kappa shape index (κ1) is 15.5. The van der Waals surface area contributed by atoms with E-state index in [-0.39, 0.29) is 23.1 Å². The highest BCUT2D eigenvalue weighted by Crippen LogP contribution is 2.33. The molecule has 1 aromatic carbocycles. The molecule has 0 saturated heterocycles. The lowest BCUT2D eigenvalue weighted by Crippen LogP contribution is -2.07. The van der Waals surface area contributed by atoms with Crippen molar-refractivity contribution in [1.29, 1.82) is 0 Å². The number of nitrogens with one attached hydrogen (secondary N) is 2. The average molecular weight is 373 g/mol. The minimum atomic E-state index is -0.524. The van der Waals surface area contributed by atoms with E-state index in [1.165, 1.54) is 0 Å². The second-order valence-electron chi connectivity index (χ2n) is 4.09. The fourth-order valence-electron chi connectivity index (χ4n) is 1.70. The number of halogens is 2. The van der Waals surface area contributed by atoms with Gasteiger partial charge in [0.15, 0.2) is 0 Å². The molecule has 0 aliphatic heterocycles.